The Morgan fingerprint density at radius 3 is 2.75 bits per heavy atom. The number of para-hydroxylation sites is 1. The number of hydrogen-bond acceptors (Lipinski definition) is 4. The van der Waals surface area contributed by atoms with Crippen molar-refractivity contribution in [2.45, 2.75) is 6.04 Å². The molecule has 1 aromatic carbocycles. The summed E-state index contributed by atoms with van der Waals surface area (Å²) < 4.78 is 5.15. The van der Waals surface area contributed by atoms with E-state index in [1.54, 1.807) is 11.9 Å². The molecule has 1 heterocycles. The van der Waals surface area contributed by atoms with Gasteiger partial charge in [0, 0.05) is 19.3 Å². The Hall–Kier alpha value is -1.92. The van der Waals surface area contributed by atoms with Gasteiger partial charge in [0.15, 0.2) is 0 Å². The molecule has 0 bridgehead atoms. The van der Waals surface area contributed by atoms with Crippen molar-refractivity contribution in [1.29, 1.82) is 0 Å². The summed E-state index contributed by atoms with van der Waals surface area (Å²) >= 11 is 0. The second-order valence-corrected chi connectivity index (χ2v) is 4.69. The molecule has 1 aliphatic rings. The first-order valence-corrected chi connectivity index (χ1v) is 6.46. The molecule has 20 heavy (non-hydrogen) atoms. The molecule has 1 aromatic rings. The Labute approximate surface area is 117 Å². The highest BCUT2D eigenvalue weighted by Gasteiger charge is 2.31. The predicted molar refractivity (Wildman–Crippen MR) is 73.7 cm³/mol. The van der Waals surface area contributed by atoms with Gasteiger partial charge in [-0.1, -0.05) is 18.2 Å². The third-order valence-corrected chi connectivity index (χ3v) is 3.38. The third kappa shape index (κ3) is 3.34. The molecule has 0 saturated carbocycles. The zero-order chi connectivity index (χ0) is 14.5. The highest BCUT2D eigenvalue weighted by molar-refractivity contribution is 5.94. The average molecular weight is 278 g/mol. The molecule has 0 radical (unpaired) electrons. The molecule has 1 amide bonds. The van der Waals surface area contributed by atoms with Crippen LogP contribution in [0.1, 0.15) is 0 Å². The van der Waals surface area contributed by atoms with Gasteiger partial charge in [-0.2, -0.15) is 0 Å². The van der Waals surface area contributed by atoms with Crippen molar-refractivity contribution in [1.82, 2.24) is 4.90 Å². The number of benzene rings is 1. The van der Waals surface area contributed by atoms with E-state index in [0.29, 0.717) is 13.2 Å². The van der Waals surface area contributed by atoms with E-state index in [9.17, 15) is 9.59 Å². The van der Waals surface area contributed by atoms with Crippen molar-refractivity contribution in [3.63, 3.8) is 0 Å². The van der Waals surface area contributed by atoms with Crippen LogP contribution >= 0.6 is 0 Å². The first-order valence-electron chi connectivity index (χ1n) is 6.46. The van der Waals surface area contributed by atoms with E-state index in [1.807, 2.05) is 30.3 Å². The Balaban J connectivity index is 2.01. The zero-order valence-electron chi connectivity index (χ0n) is 11.4. The number of amides is 1. The van der Waals surface area contributed by atoms with Gasteiger partial charge >= 0.3 is 5.97 Å². The minimum Gasteiger partial charge on any atom is -0.480 e. The van der Waals surface area contributed by atoms with Gasteiger partial charge in [0.2, 0.25) is 5.91 Å². The summed E-state index contributed by atoms with van der Waals surface area (Å²) in [5.74, 6) is -1.09. The van der Waals surface area contributed by atoms with Crippen LogP contribution in [-0.4, -0.2) is 61.3 Å². The Morgan fingerprint density at radius 2 is 2.10 bits per heavy atom. The summed E-state index contributed by atoms with van der Waals surface area (Å²) in [4.78, 5) is 26.6. The van der Waals surface area contributed by atoms with Crippen molar-refractivity contribution in [2.75, 3.05) is 38.3 Å². The number of anilines is 1. The standard InChI is InChI=1S/C14H18N2O4/c1-15(11-5-3-2-4-6-11)13(17)9-16-7-8-20-10-12(16)14(18)19/h2-6,12H,7-10H2,1H3,(H,18,19). The summed E-state index contributed by atoms with van der Waals surface area (Å²) in [6.07, 6.45) is 0. The predicted octanol–water partition coefficient (Wildman–Crippen LogP) is 0.435. The fourth-order valence-electron chi connectivity index (χ4n) is 2.13. The van der Waals surface area contributed by atoms with E-state index in [-0.39, 0.29) is 19.1 Å². The summed E-state index contributed by atoms with van der Waals surface area (Å²) in [7, 11) is 1.69. The maximum atomic E-state index is 12.2. The van der Waals surface area contributed by atoms with Crippen LogP contribution in [0.4, 0.5) is 5.69 Å². The van der Waals surface area contributed by atoms with E-state index < -0.39 is 12.0 Å². The van der Waals surface area contributed by atoms with Gasteiger partial charge in [0.1, 0.15) is 6.04 Å². The fraction of sp³-hybridized carbons (Fsp3) is 0.429. The molecule has 2 rings (SSSR count). The molecule has 1 fully saturated rings. The molecule has 6 nitrogen and oxygen atoms in total. The van der Waals surface area contributed by atoms with E-state index >= 15 is 0 Å². The molecule has 0 spiro atoms. The van der Waals surface area contributed by atoms with Gasteiger partial charge in [-0.15, -0.1) is 0 Å². The SMILES string of the molecule is CN(C(=O)CN1CCOCC1C(=O)O)c1ccccc1. The summed E-state index contributed by atoms with van der Waals surface area (Å²) in [6.45, 7) is 1.10. The highest BCUT2D eigenvalue weighted by atomic mass is 16.5. The Morgan fingerprint density at radius 1 is 1.40 bits per heavy atom. The molecule has 1 saturated heterocycles. The second-order valence-electron chi connectivity index (χ2n) is 4.69. The molecule has 6 heteroatoms. The molecule has 1 N–H and O–H groups in total. The number of carboxylic acids is 1. The number of carboxylic acid groups (broad SMARTS) is 1. The van der Waals surface area contributed by atoms with Crippen molar-refractivity contribution < 1.29 is 19.4 Å². The minimum atomic E-state index is -0.958. The van der Waals surface area contributed by atoms with Crippen molar-refractivity contribution in [3.05, 3.63) is 30.3 Å². The maximum absolute atomic E-state index is 12.2. The van der Waals surface area contributed by atoms with Crippen LogP contribution in [-0.2, 0) is 14.3 Å². The largest absolute Gasteiger partial charge is 0.480 e. The second kappa shape index (κ2) is 6.49. The number of morpholine rings is 1. The number of hydrogen-bond donors (Lipinski definition) is 1. The van der Waals surface area contributed by atoms with Crippen LogP contribution in [0.5, 0.6) is 0 Å². The lowest BCUT2D eigenvalue weighted by Crippen LogP contribution is -2.53. The monoisotopic (exact) mass is 278 g/mol. The first kappa shape index (κ1) is 14.5. The van der Waals surface area contributed by atoms with Gasteiger partial charge in [0.25, 0.3) is 0 Å². The Bertz CT molecular complexity index is 477. The molecule has 0 aliphatic carbocycles. The molecule has 0 aromatic heterocycles. The van der Waals surface area contributed by atoms with Crippen LogP contribution in [0.2, 0.25) is 0 Å². The van der Waals surface area contributed by atoms with Gasteiger partial charge in [0.05, 0.1) is 19.8 Å². The maximum Gasteiger partial charge on any atom is 0.323 e. The lowest BCUT2D eigenvalue weighted by atomic mass is 10.2. The molecule has 1 unspecified atom stereocenters. The van der Waals surface area contributed by atoms with Gasteiger partial charge in [-0.3, -0.25) is 14.5 Å². The van der Waals surface area contributed by atoms with E-state index in [1.165, 1.54) is 4.90 Å². The van der Waals surface area contributed by atoms with E-state index in [2.05, 4.69) is 0 Å². The molecule has 1 atom stereocenters. The van der Waals surface area contributed by atoms with Gasteiger partial charge in [-0.05, 0) is 12.1 Å². The smallest absolute Gasteiger partial charge is 0.323 e. The summed E-state index contributed by atoms with van der Waals surface area (Å²) in [5.41, 5.74) is 0.789. The number of aliphatic carboxylic acids is 1. The number of ether oxygens (including phenoxy) is 1. The fourth-order valence-corrected chi connectivity index (χ4v) is 2.13. The van der Waals surface area contributed by atoms with Crippen molar-refractivity contribution in [3.8, 4) is 0 Å². The van der Waals surface area contributed by atoms with Crippen molar-refractivity contribution in [2.24, 2.45) is 0 Å². The number of carbonyl (C=O) groups is 2. The average Bonchev–Trinajstić information content (AvgIpc) is 2.47. The normalized spacial score (nSPS) is 19.6. The van der Waals surface area contributed by atoms with Crippen LogP contribution in [0.3, 0.4) is 0 Å². The molecule has 108 valence electrons. The van der Waals surface area contributed by atoms with Crippen LogP contribution in [0.15, 0.2) is 30.3 Å². The highest BCUT2D eigenvalue weighted by Crippen LogP contribution is 2.13. The molecule has 1 aliphatic heterocycles. The quantitative estimate of drug-likeness (QED) is 0.865. The number of likely N-dealkylation sites (N-methyl/N-ethyl adjacent to an activating group) is 1. The first-order chi connectivity index (χ1) is 9.59. The molecular formula is C14H18N2O4. The Kier molecular flexibility index (Phi) is 4.70. The van der Waals surface area contributed by atoms with E-state index in [4.69, 9.17) is 9.84 Å². The summed E-state index contributed by atoms with van der Waals surface area (Å²) in [5, 5.41) is 9.13. The number of rotatable bonds is 4. The van der Waals surface area contributed by atoms with Crippen LogP contribution in [0.25, 0.3) is 0 Å². The topological polar surface area (TPSA) is 70.1 Å². The van der Waals surface area contributed by atoms with Crippen LogP contribution in [0, 0.1) is 0 Å². The van der Waals surface area contributed by atoms with Gasteiger partial charge < -0.3 is 14.7 Å². The summed E-state index contributed by atoms with van der Waals surface area (Å²) in [6, 6.07) is 8.51. The number of carbonyl (C=O) groups excluding carboxylic acids is 1. The van der Waals surface area contributed by atoms with E-state index in [0.717, 1.165) is 5.69 Å². The van der Waals surface area contributed by atoms with Gasteiger partial charge in [-0.25, -0.2) is 0 Å². The third-order valence-electron chi connectivity index (χ3n) is 3.38. The lowest BCUT2D eigenvalue weighted by molar-refractivity contribution is -0.150. The minimum absolute atomic E-state index is 0.0751. The zero-order valence-corrected chi connectivity index (χ0v) is 11.4. The van der Waals surface area contributed by atoms with Crippen LogP contribution < -0.4 is 4.90 Å². The number of nitrogens with zero attached hydrogens (tertiary/aromatic N) is 2. The lowest BCUT2D eigenvalue weighted by Gasteiger charge is -2.33. The molecular weight excluding hydrogens is 260 g/mol. The van der Waals surface area contributed by atoms with Crippen molar-refractivity contribution >= 4 is 17.6 Å².